The molecule has 0 bridgehead atoms. The summed E-state index contributed by atoms with van der Waals surface area (Å²) in [5, 5.41) is 17.6. The highest BCUT2D eigenvalue weighted by molar-refractivity contribution is 5.72. The number of aliphatic carboxylic acids is 2. The second-order valence-corrected chi connectivity index (χ2v) is 4.62. The van der Waals surface area contributed by atoms with Crippen LogP contribution in [0.4, 0.5) is 0 Å². The molecule has 1 aromatic carbocycles. The van der Waals surface area contributed by atoms with Crippen molar-refractivity contribution >= 4 is 11.9 Å². The van der Waals surface area contributed by atoms with Crippen LogP contribution in [-0.4, -0.2) is 28.3 Å². The standard InChI is InChI=1S/C15H20O5/c16-14(17)10-6-2-5-9-13(15(18)19)20-11-12-7-3-1-4-8-12/h1,3-4,7-8,13H,2,5-6,9-11H2,(H,16,17)(H,18,19). The molecule has 110 valence electrons. The second-order valence-electron chi connectivity index (χ2n) is 4.62. The lowest BCUT2D eigenvalue weighted by atomic mass is 10.1. The van der Waals surface area contributed by atoms with E-state index in [0.717, 1.165) is 5.56 Å². The molecule has 0 spiro atoms. The first-order valence-electron chi connectivity index (χ1n) is 6.69. The summed E-state index contributed by atoms with van der Waals surface area (Å²) in [5.41, 5.74) is 0.935. The van der Waals surface area contributed by atoms with Gasteiger partial charge in [0.25, 0.3) is 0 Å². The number of unbranched alkanes of at least 4 members (excludes halogenated alkanes) is 2. The average molecular weight is 280 g/mol. The van der Waals surface area contributed by atoms with Crippen LogP contribution in [0.15, 0.2) is 30.3 Å². The first-order chi connectivity index (χ1) is 9.59. The smallest absolute Gasteiger partial charge is 0.332 e. The summed E-state index contributed by atoms with van der Waals surface area (Å²) in [7, 11) is 0. The highest BCUT2D eigenvalue weighted by Crippen LogP contribution is 2.11. The Balaban J connectivity index is 2.26. The molecule has 0 amide bonds. The number of carboxylic acids is 2. The molecule has 0 saturated carbocycles. The fourth-order valence-corrected chi connectivity index (χ4v) is 1.83. The van der Waals surface area contributed by atoms with Crippen LogP contribution in [0.2, 0.25) is 0 Å². The van der Waals surface area contributed by atoms with Crippen molar-refractivity contribution in [3.8, 4) is 0 Å². The molecule has 1 unspecified atom stereocenters. The molecule has 0 radical (unpaired) electrons. The van der Waals surface area contributed by atoms with Crippen LogP contribution >= 0.6 is 0 Å². The Morgan fingerprint density at radius 2 is 1.75 bits per heavy atom. The van der Waals surface area contributed by atoms with Crippen molar-refractivity contribution in [2.75, 3.05) is 0 Å². The summed E-state index contributed by atoms with van der Waals surface area (Å²) in [6.45, 7) is 0.271. The van der Waals surface area contributed by atoms with E-state index < -0.39 is 18.0 Å². The van der Waals surface area contributed by atoms with Gasteiger partial charge in [0, 0.05) is 6.42 Å². The van der Waals surface area contributed by atoms with E-state index >= 15 is 0 Å². The number of ether oxygens (including phenoxy) is 1. The van der Waals surface area contributed by atoms with Gasteiger partial charge < -0.3 is 14.9 Å². The van der Waals surface area contributed by atoms with E-state index in [1.807, 2.05) is 30.3 Å². The molecule has 0 aliphatic carbocycles. The third-order valence-corrected chi connectivity index (χ3v) is 2.93. The predicted molar refractivity (Wildman–Crippen MR) is 73.4 cm³/mol. The van der Waals surface area contributed by atoms with E-state index in [2.05, 4.69) is 0 Å². The minimum absolute atomic E-state index is 0.128. The van der Waals surface area contributed by atoms with Gasteiger partial charge in [-0.05, 0) is 18.4 Å². The van der Waals surface area contributed by atoms with Gasteiger partial charge in [0.1, 0.15) is 0 Å². The van der Waals surface area contributed by atoms with Gasteiger partial charge in [-0.15, -0.1) is 0 Å². The number of benzene rings is 1. The van der Waals surface area contributed by atoms with Crippen molar-refractivity contribution in [3.63, 3.8) is 0 Å². The Hall–Kier alpha value is -1.88. The molecule has 0 heterocycles. The molecule has 0 saturated heterocycles. The van der Waals surface area contributed by atoms with Crippen LogP contribution in [0.3, 0.4) is 0 Å². The maximum absolute atomic E-state index is 11.1. The molecule has 20 heavy (non-hydrogen) atoms. The third kappa shape index (κ3) is 6.89. The summed E-state index contributed by atoms with van der Waals surface area (Å²) >= 11 is 0. The Labute approximate surface area is 118 Å². The Morgan fingerprint density at radius 1 is 1.05 bits per heavy atom. The summed E-state index contributed by atoms with van der Waals surface area (Å²) in [4.78, 5) is 21.4. The zero-order chi connectivity index (χ0) is 14.8. The number of carbonyl (C=O) groups is 2. The van der Waals surface area contributed by atoms with E-state index in [-0.39, 0.29) is 13.0 Å². The van der Waals surface area contributed by atoms with Crippen LogP contribution in [0.25, 0.3) is 0 Å². The lowest BCUT2D eigenvalue weighted by Gasteiger charge is -2.13. The Bertz CT molecular complexity index is 416. The topological polar surface area (TPSA) is 83.8 Å². The molecule has 0 aliphatic heterocycles. The van der Waals surface area contributed by atoms with Crippen molar-refractivity contribution < 1.29 is 24.5 Å². The first kappa shape index (κ1) is 16.2. The summed E-state index contributed by atoms with van der Waals surface area (Å²) in [6, 6.07) is 9.40. The van der Waals surface area contributed by atoms with Gasteiger partial charge in [-0.25, -0.2) is 4.79 Å². The van der Waals surface area contributed by atoms with Gasteiger partial charge in [0.15, 0.2) is 6.10 Å². The summed E-state index contributed by atoms with van der Waals surface area (Å²) in [6.07, 6.45) is 1.62. The average Bonchev–Trinajstić information content (AvgIpc) is 2.42. The van der Waals surface area contributed by atoms with Gasteiger partial charge in [0.05, 0.1) is 6.61 Å². The van der Waals surface area contributed by atoms with Gasteiger partial charge in [-0.2, -0.15) is 0 Å². The predicted octanol–water partition coefficient (Wildman–Crippen LogP) is 2.69. The fraction of sp³-hybridized carbons (Fsp3) is 0.467. The van der Waals surface area contributed by atoms with E-state index in [4.69, 9.17) is 14.9 Å². The Morgan fingerprint density at radius 3 is 2.35 bits per heavy atom. The molecular weight excluding hydrogens is 260 g/mol. The van der Waals surface area contributed by atoms with Crippen molar-refractivity contribution in [1.82, 2.24) is 0 Å². The van der Waals surface area contributed by atoms with Crippen molar-refractivity contribution in [2.45, 2.75) is 44.8 Å². The van der Waals surface area contributed by atoms with E-state index in [9.17, 15) is 9.59 Å². The zero-order valence-electron chi connectivity index (χ0n) is 11.3. The van der Waals surface area contributed by atoms with Crippen LogP contribution in [0, 0.1) is 0 Å². The maximum atomic E-state index is 11.1. The number of rotatable bonds is 10. The zero-order valence-corrected chi connectivity index (χ0v) is 11.3. The highest BCUT2D eigenvalue weighted by Gasteiger charge is 2.17. The van der Waals surface area contributed by atoms with Crippen LogP contribution in [0.1, 0.15) is 37.7 Å². The molecule has 0 fully saturated rings. The van der Waals surface area contributed by atoms with Crippen molar-refractivity contribution in [2.24, 2.45) is 0 Å². The fourth-order valence-electron chi connectivity index (χ4n) is 1.83. The molecule has 2 N–H and O–H groups in total. The highest BCUT2D eigenvalue weighted by atomic mass is 16.5. The summed E-state index contributed by atoms with van der Waals surface area (Å²) < 4.78 is 5.40. The van der Waals surface area contributed by atoms with Crippen molar-refractivity contribution in [3.05, 3.63) is 35.9 Å². The van der Waals surface area contributed by atoms with E-state index in [1.165, 1.54) is 0 Å². The third-order valence-electron chi connectivity index (χ3n) is 2.93. The van der Waals surface area contributed by atoms with Gasteiger partial charge >= 0.3 is 11.9 Å². The lowest BCUT2D eigenvalue weighted by molar-refractivity contribution is -0.151. The molecule has 5 heteroatoms. The number of carboxylic acid groups (broad SMARTS) is 2. The number of hydrogen-bond donors (Lipinski definition) is 2. The Kier molecular flexibility index (Phi) is 7.35. The molecule has 0 aliphatic rings. The minimum Gasteiger partial charge on any atom is -0.481 e. The number of hydrogen-bond acceptors (Lipinski definition) is 3. The van der Waals surface area contributed by atoms with Gasteiger partial charge in [-0.3, -0.25) is 4.79 Å². The monoisotopic (exact) mass is 280 g/mol. The first-order valence-corrected chi connectivity index (χ1v) is 6.69. The quantitative estimate of drug-likeness (QED) is 0.644. The minimum atomic E-state index is -0.973. The molecule has 1 atom stereocenters. The van der Waals surface area contributed by atoms with E-state index in [0.29, 0.717) is 25.7 Å². The largest absolute Gasteiger partial charge is 0.481 e. The van der Waals surface area contributed by atoms with Gasteiger partial charge in [-0.1, -0.05) is 43.2 Å². The van der Waals surface area contributed by atoms with Crippen molar-refractivity contribution in [1.29, 1.82) is 0 Å². The normalized spacial score (nSPS) is 12.0. The maximum Gasteiger partial charge on any atom is 0.332 e. The second kappa shape index (κ2) is 9.09. The van der Waals surface area contributed by atoms with Gasteiger partial charge in [0.2, 0.25) is 0 Å². The molecule has 1 rings (SSSR count). The molecular formula is C15H20O5. The van der Waals surface area contributed by atoms with Crippen LogP contribution in [-0.2, 0) is 20.9 Å². The lowest BCUT2D eigenvalue weighted by Crippen LogP contribution is -2.23. The molecule has 1 aromatic rings. The molecule has 5 nitrogen and oxygen atoms in total. The molecule has 0 aromatic heterocycles. The van der Waals surface area contributed by atoms with Crippen LogP contribution < -0.4 is 0 Å². The SMILES string of the molecule is O=C(O)CCCCCC(OCc1ccccc1)C(=O)O. The van der Waals surface area contributed by atoms with E-state index in [1.54, 1.807) is 0 Å². The summed E-state index contributed by atoms with van der Waals surface area (Å²) in [5.74, 6) is -1.79. The van der Waals surface area contributed by atoms with Crippen LogP contribution in [0.5, 0.6) is 0 Å².